The third-order valence-corrected chi connectivity index (χ3v) is 14.3. The van der Waals surface area contributed by atoms with Crippen molar-refractivity contribution < 1.29 is 38.4 Å². The lowest BCUT2D eigenvalue weighted by molar-refractivity contribution is -0.136. The standard InChI is InChI=1S/C58H72N12O8S2/c1-34(2)50(58(78)69-49(33-80)56(76)65-45(51(61)71)27-36-21-22-38-16-6-7-17-39(38)25-36)70-53(73)44(20-10-11-23-59)64-55(75)47(29-40-31-63-43-19-9-8-18-41(40)43)67-54(74)46(28-37-15-12-24-62-30-37)66-57(77)48(32-79)68-52(72)42(60)26-35-13-4-3-5-14-35/h3-9,12-19,21-22,24-25,30-31,34,42,44-50,63,79-80H,10-11,20,23,26-29,32-33,59-60H2,1-2H3,(H2,61,71)(H,64,75)(H,65,76)(H,66,77)(H,67,74)(H,68,72)(H,69,78)(H,70,73)/t42-,44-,45-,46-,47+,48+,49-,50-/m0/s1. The molecule has 14 N–H and O–H groups in total. The Labute approximate surface area is 475 Å². The van der Waals surface area contributed by atoms with Crippen molar-refractivity contribution in [2.24, 2.45) is 23.1 Å². The van der Waals surface area contributed by atoms with Crippen molar-refractivity contribution in [2.75, 3.05) is 18.1 Å². The minimum absolute atomic E-state index is 0.0773. The zero-order valence-electron chi connectivity index (χ0n) is 44.7. The Balaban J connectivity index is 1.19. The Kier molecular flexibility index (Phi) is 23.4. The zero-order valence-corrected chi connectivity index (χ0v) is 46.5. The summed E-state index contributed by atoms with van der Waals surface area (Å²) in [6.45, 7) is 3.67. The summed E-state index contributed by atoms with van der Waals surface area (Å²) in [4.78, 5) is 119. The lowest BCUT2D eigenvalue weighted by Crippen LogP contribution is -2.61. The fourth-order valence-corrected chi connectivity index (χ4v) is 9.56. The van der Waals surface area contributed by atoms with Crippen LogP contribution in [0.25, 0.3) is 21.7 Å². The SMILES string of the molecule is CC(C)[C@H](NC(=O)[C@H](CCCCN)NC(=O)[C@@H](Cc1c[nH]c2ccccc12)NC(=O)[C@H](Cc1cccnc1)NC(=O)[C@@H](CS)NC(=O)[C@@H](N)Cc1ccccc1)C(=O)N[C@@H](CS)C(=O)N[C@@H](Cc1ccc2ccccc2c1)C(N)=O. The number of pyridine rings is 1. The van der Waals surface area contributed by atoms with Crippen LogP contribution in [0.1, 0.15) is 55.4 Å². The van der Waals surface area contributed by atoms with Gasteiger partial charge in [-0.15, -0.1) is 0 Å². The summed E-state index contributed by atoms with van der Waals surface area (Å²) in [6, 6.07) is 23.4. The van der Waals surface area contributed by atoms with Crippen LogP contribution in [0.4, 0.5) is 0 Å². The molecule has 0 fully saturated rings. The van der Waals surface area contributed by atoms with E-state index in [1.807, 2.05) is 97.1 Å². The smallest absolute Gasteiger partial charge is 0.244 e. The number of aromatic amines is 1. The van der Waals surface area contributed by atoms with Crippen molar-refractivity contribution in [3.63, 3.8) is 0 Å². The van der Waals surface area contributed by atoms with Gasteiger partial charge in [-0.25, -0.2) is 0 Å². The Morgan fingerprint density at radius 2 is 1.09 bits per heavy atom. The van der Waals surface area contributed by atoms with Crippen LogP contribution >= 0.6 is 25.3 Å². The summed E-state index contributed by atoms with van der Waals surface area (Å²) in [7, 11) is 0. The first kappa shape index (κ1) is 61.4. The van der Waals surface area contributed by atoms with Crippen molar-refractivity contribution in [2.45, 2.75) is 107 Å². The number of nitrogens with one attached hydrogen (secondary N) is 8. The molecule has 80 heavy (non-hydrogen) atoms. The van der Waals surface area contributed by atoms with Gasteiger partial charge in [0.25, 0.3) is 0 Å². The van der Waals surface area contributed by atoms with E-state index < -0.39 is 102 Å². The second-order valence-corrected chi connectivity index (χ2v) is 20.7. The second kappa shape index (κ2) is 30.5. The van der Waals surface area contributed by atoms with E-state index in [9.17, 15) is 38.4 Å². The third kappa shape index (κ3) is 17.9. The molecule has 20 nitrogen and oxygen atoms in total. The number of primary amides is 1. The Hall–Kier alpha value is -7.79. The zero-order chi connectivity index (χ0) is 57.7. The monoisotopic (exact) mass is 1130 g/mol. The number of amides is 8. The van der Waals surface area contributed by atoms with Crippen LogP contribution in [0.15, 0.2) is 128 Å². The van der Waals surface area contributed by atoms with Crippen LogP contribution < -0.4 is 54.4 Å². The van der Waals surface area contributed by atoms with Crippen molar-refractivity contribution in [3.05, 3.63) is 150 Å². The molecule has 2 aromatic heterocycles. The van der Waals surface area contributed by atoms with Gasteiger partial charge in [-0.1, -0.05) is 111 Å². The van der Waals surface area contributed by atoms with Gasteiger partial charge in [0.05, 0.1) is 6.04 Å². The number of nitrogens with zero attached hydrogens (tertiary/aromatic N) is 1. The minimum Gasteiger partial charge on any atom is -0.368 e. The molecule has 0 saturated carbocycles. The molecule has 0 bridgehead atoms. The lowest BCUT2D eigenvalue weighted by Gasteiger charge is -2.29. The summed E-state index contributed by atoms with van der Waals surface area (Å²) in [6.07, 6.45) is 5.86. The number of H-pyrrole nitrogens is 1. The molecule has 8 amide bonds. The highest BCUT2D eigenvalue weighted by molar-refractivity contribution is 7.80. The van der Waals surface area contributed by atoms with E-state index in [1.54, 1.807) is 38.4 Å². The van der Waals surface area contributed by atoms with Gasteiger partial charge in [-0.05, 0) is 83.3 Å². The average molecular weight is 1130 g/mol. The third-order valence-electron chi connectivity index (χ3n) is 13.5. The molecule has 0 aliphatic heterocycles. The summed E-state index contributed by atoms with van der Waals surface area (Å²) in [5.74, 6) is -6.73. The van der Waals surface area contributed by atoms with Gasteiger partial charge in [-0.2, -0.15) is 25.3 Å². The number of carbonyl (C=O) groups is 8. The molecule has 0 radical (unpaired) electrons. The fourth-order valence-electron chi connectivity index (χ4n) is 9.05. The topological polar surface area (TPSA) is 328 Å². The minimum atomic E-state index is -1.36. The van der Waals surface area contributed by atoms with E-state index in [0.717, 1.165) is 32.8 Å². The van der Waals surface area contributed by atoms with Gasteiger partial charge in [0.15, 0.2) is 0 Å². The van der Waals surface area contributed by atoms with Crippen LogP contribution in [-0.4, -0.2) is 124 Å². The number of hydrogen-bond donors (Lipinski definition) is 13. The molecule has 424 valence electrons. The Morgan fingerprint density at radius 3 is 1.73 bits per heavy atom. The van der Waals surface area contributed by atoms with Crippen molar-refractivity contribution in [3.8, 4) is 0 Å². The van der Waals surface area contributed by atoms with Gasteiger partial charge >= 0.3 is 0 Å². The first-order valence-corrected chi connectivity index (χ1v) is 27.8. The number of unbranched alkanes of at least 4 members (excludes halogenated alkanes) is 1. The summed E-state index contributed by atoms with van der Waals surface area (Å²) in [5, 5.41) is 21.8. The van der Waals surface area contributed by atoms with E-state index in [4.69, 9.17) is 17.2 Å². The lowest BCUT2D eigenvalue weighted by atomic mass is 10.00. The molecule has 0 unspecified atom stereocenters. The van der Waals surface area contributed by atoms with Crippen LogP contribution in [0.5, 0.6) is 0 Å². The molecule has 2 heterocycles. The number of fused-ring (bicyclic) bond motifs is 2. The molecule has 0 aliphatic carbocycles. The number of benzene rings is 4. The maximum absolute atomic E-state index is 14.8. The summed E-state index contributed by atoms with van der Waals surface area (Å²) in [5.41, 5.74) is 21.4. The molecule has 22 heteroatoms. The average Bonchev–Trinajstić information content (AvgIpc) is 3.89. The first-order valence-electron chi connectivity index (χ1n) is 26.5. The van der Waals surface area contributed by atoms with E-state index in [0.29, 0.717) is 24.0 Å². The molecule has 0 aliphatic rings. The highest BCUT2D eigenvalue weighted by Crippen LogP contribution is 2.21. The number of rotatable bonds is 30. The van der Waals surface area contributed by atoms with Gasteiger partial charge in [0.1, 0.15) is 42.3 Å². The van der Waals surface area contributed by atoms with Crippen LogP contribution in [0.2, 0.25) is 0 Å². The van der Waals surface area contributed by atoms with E-state index >= 15 is 0 Å². The maximum atomic E-state index is 14.8. The first-order chi connectivity index (χ1) is 38.5. The normalized spacial score (nSPS) is 14.3. The van der Waals surface area contributed by atoms with Crippen LogP contribution in [0.3, 0.4) is 0 Å². The highest BCUT2D eigenvalue weighted by atomic mass is 32.1. The van der Waals surface area contributed by atoms with Crippen molar-refractivity contribution >= 4 is 94.2 Å². The largest absolute Gasteiger partial charge is 0.368 e. The van der Waals surface area contributed by atoms with Crippen LogP contribution in [0, 0.1) is 5.92 Å². The number of carbonyl (C=O) groups excluding carboxylic acids is 8. The van der Waals surface area contributed by atoms with Gasteiger partial charge < -0.3 is 59.4 Å². The highest BCUT2D eigenvalue weighted by Gasteiger charge is 2.35. The molecular weight excluding hydrogens is 1060 g/mol. The summed E-state index contributed by atoms with van der Waals surface area (Å²) < 4.78 is 0. The summed E-state index contributed by atoms with van der Waals surface area (Å²) >= 11 is 8.67. The predicted octanol–water partition coefficient (Wildman–Crippen LogP) is 1.84. The Morgan fingerprint density at radius 1 is 0.537 bits per heavy atom. The number of hydrogen-bond acceptors (Lipinski definition) is 13. The number of nitrogens with two attached hydrogens (primary N) is 3. The van der Waals surface area contributed by atoms with Gasteiger partial charge in [-0.3, -0.25) is 43.3 Å². The number of aromatic nitrogens is 2. The van der Waals surface area contributed by atoms with E-state index in [2.05, 4.69) is 72.4 Å². The number of thiol groups is 2. The molecular formula is C58H72N12O8S2. The predicted molar refractivity (Wildman–Crippen MR) is 314 cm³/mol. The molecule has 6 aromatic rings. The van der Waals surface area contributed by atoms with E-state index in [-0.39, 0.29) is 50.2 Å². The Bertz CT molecular complexity index is 3070. The van der Waals surface area contributed by atoms with Gasteiger partial charge in [0, 0.05) is 60.3 Å². The molecule has 0 saturated heterocycles. The molecule has 6 rings (SSSR count). The second-order valence-electron chi connectivity index (χ2n) is 20.0. The van der Waals surface area contributed by atoms with Crippen molar-refractivity contribution in [1.29, 1.82) is 0 Å². The quantitative estimate of drug-likeness (QED) is 0.0228. The number of para-hydroxylation sites is 1. The maximum Gasteiger partial charge on any atom is 0.244 e. The van der Waals surface area contributed by atoms with Crippen LogP contribution in [-0.2, 0) is 64.0 Å². The fraction of sp³-hybridized carbons (Fsp3) is 0.362. The van der Waals surface area contributed by atoms with Crippen molar-refractivity contribution in [1.82, 2.24) is 47.2 Å². The van der Waals surface area contributed by atoms with Gasteiger partial charge in [0.2, 0.25) is 47.3 Å². The molecule has 0 spiro atoms. The van der Waals surface area contributed by atoms with E-state index in [1.165, 1.54) is 6.20 Å². The molecule has 4 aromatic carbocycles. The molecule has 8 atom stereocenters.